The van der Waals surface area contributed by atoms with Crippen LogP contribution in [0.2, 0.25) is 0 Å². The van der Waals surface area contributed by atoms with Gasteiger partial charge in [-0.25, -0.2) is 4.79 Å². The van der Waals surface area contributed by atoms with Gasteiger partial charge < -0.3 is 15.2 Å². The maximum Gasteiger partial charge on any atom is 0.328 e. The Kier molecular flexibility index (Phi) is 3.24. The molecule has 1 heterocycles. The highest BCUT2D eigenvalue weighted by Crippen LogP contribution is 2.16. The fourth-order valence-corrected chi connectivity index (χ4v) is 1.25. The molecule has 1 aliphatic rings. The van der Waals surface area contributed by atoms with Crippen LogP contribution in [0.4, 0.5) is 0 Å². The van der Waals surface area contributed by atoms with Crippen LogP contribution in [0, 0.1) is 0 Å². The molecule has 1 rings (SSSR count). The zero-order valence-corrected chi connectivity index (χ0v) is 7.95. The number of carboxylic acids is 1. The molecule has 1 saturated heterocycles. The highest BCUT2D eigenvalue weighted by atomic mass is 16.5. The zero-order chi connectivity index (χ0) is 10.6. The highest BCUT2D eigenvalue weighted by Gasteiger charge is 2.30. The molecule has 0 aromatic carbocycles. The fraction of sp³-hybridized carbons (Fsp3) is 0.556. The zero-order valence-electron chi connectivity index (χ0n) is 7.95. The number of nitrogens with one attached hydrogen (secondary N) is 1. The van der Waals surface area contributed by atoms with Crippen molar-refractivity contribution < 1.29 is 19.4 Å². The third-order valence-corrected chi connectivity index (χ3v) is 2.02. The van der Waals surface area contributed by atoms with Gasteiger partial charge in [-0.05, 0) is 13.3 Å². The van der Waals surface area contributed by atoms with Gasteiger partial charge in [0.1, 0.15) is 0 Å². The molecule has 1 fully saturated rings. The molecule has 1 atom stereocenters. The molecular formula is C9H13NO4. The molecule has 0 saturated carbocycles. The van der Waals surface area contributed by atoms with Crippen LogP contribution in [0.15, 0.2) is 12.2 Å². The van der Waals surface area contributed by atoms with Crippen molar-refractivity contribution in [1.82, 2.24) is 5.32 Å². The number of hydrogen-bond acceptors (Lipinski definition) is 3. The lowest BCUT2D eigenvalue weighted by Gasteiger charge is -2.22. The first-order valence-electron chi connectivity index (χ1n) is 4.33. The van der Waals surface area contributed by atoms with Gasteiger partial charge in [0.2, 0.25) is 5.91 Å². The predicted molar refractivity (Wildman–Crippen MR) is 48.8 cm³/mol. The smallest absolute Gasteiger partial charge is 0.328 e. The molecule has 0 bridgehead atoms. The fourth-order valence-electron chi connectivity index (χ4n) is 1.25. The lowest BCUT2D eigenvalue weighted by Crippen LogP contribution is -2.45. The Morgan fingerprint density at radius 3 is 2.71 bits per heavy atom. The van der Waals surface area contributed by atoms with Crippen LogP contribution < -0.4 is 5.32 Å². The van der Waals surface area contributed by atoms with E-state index in [1.165, 1.54) is 0 Å². The second kappa shape index (κ2) is 4.23. The van der Waals surface area contributed by atoms with E-state index in [2.05, 4.69) is 5.32 Å². The Morgan fingerprint density at radius 1 is 1.50 bits per heavy atom. The first-order valence-corrected chi connectivity index (χ1v) is 4.33. The minimum atomic E-state index is -1.13. The van der Waals surface area contributed by atoms with E-state index in [0.29, 0.717) is 13.2 Å². The molecule has 14 heavy (non-hydrogen) atoms. The summed E-state index contributed by atoms with van der Waals surface area (Å²) in [6, 6.07) is 0. The van der Waals surface area contributed by atoms with E-state index in [9.17, 15) is 9.59 Å². The maximum atomic E-state index is 11.2. The van der Waals surface area contributed by atoms with Crippen LogP contribution in [-0.4, -0.2) is 35.7 Å². The number of carboxylic acid groups (broad SMARTS) is 1. The van der Waals surface area contributed by atoms with Gasteiger partial charge >= 0.3 is 5.97 Å². The molecule has 5 heteroatoms. The largest absolute Gasteiger partial charge is 0.478 e. The van der Waals surface area contributed by atoms with Gasteiger partial charge in [-0.3, -0.25) is 4.79 Å². The number of rotatable bonds is 3. The van der Waals surface area contributed by atoms with Crippen LogP contribution in [0.3, 0.4) is 0 Å². The second-order valence-electron chi connectivity index (χ2n) is 3.52. The lowest BCUT2D eigenvalue weighted by molar-refractivity contribution is -0.131. The van der Waals surface area contributed by atoms with Gasteiger partial charge in [-0.1, -0.05) is 0 Å². The van der Waals surface area contributed by atoms with E-state index < -0.39 is 11.9 Å². The Labute approximate surface area is 81.7 Å². The molecule has 1 amide bonds. The topological polar surface area (TPSA) is 75.6 Å². The third-order valence-electron chi connectivity index (χ3n) is 2.02. The number of carbonyl (C=O) groups is 2. The lowest BCUT2D eigenvalue weighted by atomic mass is 10.0. The van der Waals surface area contributed by atoms with Crippen molar-refractivity contribution in [3.8, 4) is 0 Å². The summed E-state index contributed by atoms with van der Waals surface area (Å²) in [5, 5.41) is 11.0. The number of carbonyl (C=O) groups excluding carboxylic acids is 1. The molecule has 1 aliphatic heterocycles. The van der Waals surface area contributed by atoms with Crippen molar-refractivity contribution in [2.24, 2.45) is 0 Å². The first-order chi connectivity index (χ1) is 6.52. The van der Waals surface area contributed by atoms with Gasteiger partial charge in [0.05, 0.1) is 12.1 Å². The Balaban J connectivity index is 2.44. The summed E-state index contributed by atoms with van der Waals surface area (Å²) in [6.07, 6.45) is 2.57. The van der Waals surface area contributed by atoms with Crippen LogP contribution in [0.1, 0.15) is 13.3 Å². The SMILES string of the molecule is CC1(NC(=O)/C=C/C(=O)O)CCOC1. The summed E-state index contributed by atoms with van der Waals surface area (Å²) >= 11 is 0. The normalized spacial score (nSPS) is 26.6. The molecule has 0 spiro atoms. The van der Waals surface area contributed by atoms with Crippen molar-refractivity contribution in [2.75, 3.05) is 13.2 Å². The molecule has 5 nitrogen and oxygen atoms in total. The Hall–Kier alpha value is -1.36. The summed E-state index contributed by atoms with van der Waals surface area (Å²) in [7, 11) is 0. The van der Waals surface area contributed by atoms with Gasteiger partial charge in [-0.2, -0.15) is 0 Å². The van der Waals surface area contributed by atoms with E-state index in [1.807, 2.05) is 6.92 Å². The minimum Gasteiger partial charge on any atom is -0.478 e. The van der Waals surface area contributed by atoms with E-state index >= 15 is 0 Å². The van der Waals surface area contributed by atoms with Crippen molar-refractivity contribution >= 4 is 11.9 Å². The van der Waals surface area contributed by atoms with Gasteiger partial charge in [0, 0.05) is 18.8 Å². The van der Waals surface area contributed by atoms with Crippen LogP contribution in [-0.2, 0) is 14.3 Å². The van der Waals surface area contributed by atoms with Gasteiger partial charge in [-0.15, -0.1) is 0 Å². The van der Waals surface area contributed by atoms with Gasteiger partial charge in [0.25, 0.3) is 0 Å². The molecule has 0 aromatic rings. The van der Waals surface area contributed by atoms with Crippen molar-refractivity contribution in [3.05, 3.63) is 12.2 Å². The summed E-state index contributed by atoms with van der Waals surface area (Å²) in [6.45, 7) is 2.96. The van der Waals surface area contributed by atoms with Crippen molar-refractivity contribution in [3.63, 3.8) is 0 Å². The average molecular weight is 199 g/mol. The quantitative estimate of drug-likeness (QED) is 0.623. The monoisotopic (exact) mass is 199 g/mol. The van der Waals surface area contributed by atoms with E-state index in [4.69, 9.17) is 9.84 Å². The second-order valence-corrected chi connectivity index (χ2v) is 3.52. The van der Waals surface area contributed by atoms with Crippen molar-refractivity contribution in [1.29, 1.82) is 0 Å². The average Bonchev–Trinajstić information content (AvgIpc) is 2.48. The molecule has 78 valence electrons. The number of ether oxygens (including phenoxy) is 1. The summed E-state index contributed by atoms with van der Waals surface area (Å²) in [5.41, 5.74) is -0.361. The number of amides is 1. The molecule has 0 aliphatic carbocycles. The molecule has 0 aromatic heterocycles. The first kappa shape index (κ1) is 10.7. The Bertz CT molecular complexity index is 266. The Morgan fingerprint density at radius 2 is 2.21 bits per heavy atom. The molecular weight excluding hydrogens is 186 g/mol. The van der Waals surface area contributed by atoms with E-state index in [1.54, 1.807) is 0 Å². The minimum absolute atomic E-state index is 0.361. The summed E-state index contributed by atoms with van der Waals surface area (Å²) < 4.78 is 5.13. The molecule has 2 N–H and O–H groups in total. The van der Waals surface area contributed by atoms with Crippen LogP contribution in [0.5, 0.6) is 0 Å². The highest BCUT2D eigenvalue weighted by molar-refractivity contribution is 5.94. The predicted octanol–water partition coefficient (Wildman–Crippen LogP) is -0.0776. The summed E-state index contributed by atoms with van der Waals surface area (Å²) in [5.74, 6) is -1.53. The van der Waals surface area contributed by atoms with E-state index in [0.717, 1.165) is 18.6 Å². The van der Waals surface area contributed by atoms with E-state index in [-0.39, 0.29) is 5.54 Å². The maximum absolute atomic E-state index is 11.2. The van der Waals surface area contributed by atoms with Crippen molar-refractivity contribution in [2.45, 2.75) is 18.9 Å². The molecule has 0 radical (unpaired) electrons. The van der Waals surface area contributed by atoms with Crippen LogP contribution >= 0.6 is 0 Å². The van der Waals surface area contributed by atoms with Gasteiger partial charge in [0.15, 0.2) is 0 Å². The number of hydrogen-bond donors (Lipinski definition) is 2. The third kappa shape index (κ3) is 3.18. The molecule has 1 unspecified atom stereocenters. The van der Waals surface area contributed by atoms with Crippen LogP contribution in [0.25, 0.3) is 0 Å². The summed E-state index contributed by atoms with van der Waals surface area (Å²) in [4.78, 5) is 21.3. The number of aliphatic carboxylic acids is 1. The standard InChI is InChI=1S/C9H13NO4/c1-9(4-5-14-6-9)10-7(11)2-3-8(12)13/h2-3H,4-6H2,1H3,(H,10,11)(H,12,13)/b3-2+.